The Morgan fingerprint density at radius 2 is 1.87 bits per heavy atom. The Bertz CT molecular complexity index is 315. The van der Waals surface area contributed by atoms with Gasteiger partial charge in [0, 0.05) is 6.42 Å². The summed E-state index contributed by atoms with van der Waals surface area (Å²) in [5.41, 5.74) is 1.95. The molecule has 2 N–H and O–H groups in total. The lowest BCUT2D eigenvalue weighted by Crippen LogP contribution is -2.15. The van der Waals surface area contributed by atoms with Gasteiger partial charge in [0.2, 0.25) is 0 Å². The monoisotopic (exact) mass is 206 g/mol. The third kappa shape index (κ3) is 4.28. The Balaban J connectivity index is 2.67. The van der Waals surface area contributed by atoms with Gasteiger partial charge in [0.15, 0.2) is 0 Å². The van der Waals surface area contributed by atoms with Crippen molar-refractivity contribution in [1.29, 1.82) is 0 Å². The van der Waals surface area contributed by atoms with Crippen molar-refractivity contribution < 1.29 is 10.2 Å². The highest BCUT2D eigenvalue weighted by Gasteiger charge is 2.09. The summed E-state index contributed by atoms with van der Waals surface area (Å²) in [6.45, 7) is 3.55. The molecule has 15 heavy (non-hydrogen) atoms. The van der Waals surface area contributed by atoms with E-state index in [9.17, 15) is 5.11 Å². The maximum atomic E-state index is 9.72. The van der Waals surface area contributed by atoms with E-state index in [2.05, 4.69) is 0 Å². The number of hydrogen-bond acceptors (Lipinski definition) is 2. The average Bonchev–Trinajstić information content (AvgIpc) is 2.18. The van der Waals surface area contributed by atoms with Crippen LogP contribution >= 0.6 is 0 Å². The molecule has 0 aliphatic rings. The molecule has 1 aromatic rings. The molecule has 0 aliphatic carbocycles. The minimum Gasteiger partial charge on any atom is -0.393 e. The van der Waals surface area contributed by atoms with E-state index in [0.29, 0.717) is 6.42 Å². The molecule has 0 saturated carbocycles. The van der Waals surface area contributed by atoms with Crippen LogP contribution < -0.4 is 0 Å². The van der Waals surface area contributed by atoms with E-state index in [1.54, 1.807) is 6.92 Å². The van der Waals surface area contributed by atoms with Crippen LogP contribution in [0.3, 0.4) is 0 Å². The molecule has 0 saturated heterocycles. The second-order valence-electron chi connectivity index (χ2n) is 3.90. The van der Waals surface area contributed by atoms with Crippen LogP contribution in [-0.4, -0.2) is 22.4 Å². The van der Waals surface area contributed by atoms with Crippen molar-refractivity contribution >= 4 is 6.08 Å². The summed E-state index contributed by atoms with van der Waals surface area (Å²) < 4.78 is 0. The first-order valence-electron chi connectivity index (χ1n) is 5.19. The Labute approximate surface area is 90.9 Å². The molecule has 1 aromatic carbocycles. The van der Waals surface area contributed by atoms with E-state index in [0.717, 1.165) is 11.1 Å². The molecule has 0 unspecified atom stereocenters. The minimum atomic E-state index is -0.565. The second-order valence-corrected chi connectivity index (χ2v) is 3.90. The van der Waals surface area contributed by atoms with Crippen molar-refractivity contribution in [3.63, 3.8) is 0 Å². The number of aliphatic hydroxyl groups is 2. The van der Waals surface area contributed by atoms with Crippen LogP contribution in [0.1, 0.15) is 25.8 Å². The number of aliphatic hydroxyl groups excluding tert-OH is 2. The van der Waals surface area contributed by atoms with Gasteiger partial charge in [-0.05, 0) is 25.0 Å². The molecule has 2 atom stereocenters. The third-order valence-electron chi connectivity index (χ3n) is 2.28. The Morgan fingerprint density at radius 3 is 2.40 bits per heavy atom. The van der Waals surface area contributed by atoms with Crippen LogP contribution in [0.5, 0.6) is 0 Å². The molecule has 2 heteroatoms. The van der Waals surface area contributed by atoms with Crippen molar-refractivity contribution in [2.45, 2.75) is 32.5 Å². The van der Waals surface area contributed by atoms with Crippen LogP contribution in [0, 0.1) is 0 Å². The van der Waals surface area contributed by atoms with Crippen molar-refractivity contribution in [2.24, 2.45) is 0 Å². The van der Waals surface area contributed by atoms with Crippen molar-refractivity contribution in [3.05, 3.63) is 41.5 Å². The summed E-state index contributed by atoms with van der Waals surface area (Å²) in [6, 6.07) is 9.84. The zero-order valence-corrected chi connectivity index (χ0v) is 9.22. The van der Waals surface area contributed by atoms with Crippen molar-refractivity contribution in [2.75, 3.05) is 0 Å². The Morgan fingerprint density at radius 1 is 1.27 bits per heavy atom. The molecule has 0 radical (unpaired) electrons. The maximum absolute atomic E-state index is 9.72. The van der Waals surface area contributed by atoms with Gasteiger partial charge in [-0.2, -0.15) is 0 Å². The van der Waals surface area contributed by atoms with Gasteiger partial charge in [0.25, 0.3) is 0 Å². The van der Waals surface area contributed by atoms with Gasteiger partial charge in [0.1, 0.15) is 0 Å². The van der Waals surface area contributed by atoms with Crippen molar-refractivity contribution in [3.8, 4) is 0 Å². The zero-order valence-electron chi connectivity index (χ0n) is 9.22. The lowest BCUT2D eigenvalue weighted by molar-refractivity contribution is 0.111. The molecule has 0 amide bonds. The minimum absolute atomic E-state index is 0.384. The summed E-state index contributed by atoms with van der Waals surface area (Å²) in [5, 5.41) is 18.9. The molecule has 0 aliphatic heterocycles. The van der Waals surface area contributed by atoms with Gasteiger partial charge in [0.05, 0.1) is 12.2 Å². The highest BCUT2D eigenvalue weighted by molar-refractivity contribution is 5.52. The fourth-order valence-corrected chi connectivity index (χ4v) is 1.42. The second kappa shape index (κ2) is 5.69. The highest BCUT2D eigenvalue weighted by atomic mass is 16.3. The van der Waals surface area contributed by atoms with Gasteiger partial charge < -0.3 is 10.2 Å². The molecule has 0 fully saturated rings. The summed E-state index contributed by atoms with van der Waals surface area (Å²) >= 11 is 0. The Kier molecular flexibility index (Phi) is 4.53. The van der Waals surface area contributed by atoms with Crippen LogP contribution in [0.15, 0.2) is 35.9 Å². The van der Waals surface area contributed by atoms with Gasteiger partial charge in [-0.25, -0.2) is 0 Å². The number of rotatable bonds is 4. The van der Waals surface area contributed by atoms with Crippen LogP contribution in [0.25, 0.3) is 6.08 Å². The van der Waals surface area contributed by atoms with Crippen LogP contribution in [0.4, 0.5) is 0 Å². The molecule has 2 nitrogen and oxygen atoms in total. The number of benzene rings is 1. The van der Waals surface area contributed by atoms with Gasteiger partial charge >= 0.3 is 0 Å². The predicted octanol–water partition coefficient (Wildman–Crippen LogP) is 2.22. The van der Waals surface area contributed by atoms with E-state index in [1.165, 1.54) is 0 Å². The zero-order chi connectivity index (χ0) is 11.3. The molecule has 82 valence electrons. The fraction of sp³-hybridized carbons (Fsp3) is 0.385. The summed E-state index contributed by atoms with van der Waals surface area (Å²) in [7, 11) is 0. The van der Waals surface area contributed by atoms with E-state index >= 15 is 0 Å². The van der Waals surface area contributed by atoms with Gasteiger partial charge in [-0.3, -0.25) is 0 Å². The lowest BCUT2D eigenvalue weighted by Gasteiger charge is -2.13. The maximum Gasteiger partial charge on any atom is 0.0775 e. The Hall–Kier alpha value is -1.12. The van der Waals surface area contributed by atoms with Gasteiger partial charge in [-0.1, -0.05) is 36.4 Å². The lowest BCUT2D eigenvalue weighted by atomic mass is 10.0. The molecule has 1 rings (SSSR count). The molecule has 0 heterocycles. The first kappa shape index (κ1) is 12.0. The van der Waals surface area contributed by atoms with E-state index < -0.39 is 12.2 Å². The standard InChI is InChI=1S/C13H18O2/c1-10(13(15)9-11(2)14)8-12-6-4-3-5-7-12/h3-8,11,13-15H,9H2,1-2H3/b10-8+/t11-,13-/m0/s1. The normalized spacial score (nSPS) is 16.1. The summed E-state index contributed by atoms with van der Waals surface area (Å²) in [5.74, 6) is 0. The smallest absolute Gasteiger partial charge is 0.0775 e. The molecule has 0 aromatic heterocycles. The third-order valence-corrected chi connectivity index (χ3v) is 2.28. The quantitative estimate of drug-likeness (QED) is 0.793. The molecule has 0 spiro atoms. The molecular formula is C13H18O2. The predicted molar refractivity (Wildman–Crippen MR) is 62.4 cm³/mol. The van der Waals surface area contributed by atoms with Crippen LogP contribution in [-0.2, 0) is 0 Å². The summed E-state index contributed by atoms with van der Waals surface area (Å²) in [6.07, 6.45) is 1.28. The van der Waals surface area contributed by atoms with E-state index in [4.69, 9.17) is 5.11 Å². The average molecular weight is 206 g/mol. The van der Waals surface area contributed by atoms with Crippen LogP contribution in [0.2, 0.25) is 0 Å². The molecular weight excluding hydrogens is 188 g/mol. The molecule has 0 bridgehead atoms. The van der Waals surface area contributed by atoms with Gasteiger partial charge in [-0.15, -0.1) is 0 Å². The highest BCUT2D eigenvalue weighted by Crippen LogP contribution is 2.13. The van der Waals surface area contributed by atoms with E-state index in [1.807, 2.05) is 43.3 Å². The van der Waals surface area contributed by atoms with Crippen molar-refractivity contribution in [1.82, 2.24) is 0 Å². The first-order valence-corrected chi connectivity index (χ1v) is 5.19. The number of hydrogen-bond donors (Lipinski definition) is 2. The largest absolute Gasteiger partial charge is 0.393 e. The van der Waals surface area contributed by atoms with E-state index in [-0.39, 0.29) is 0 Å². The topological polar surface area (TPSA) is 40.5 Å². The fourth-order valence-electron chi connectivity index (χ4n) is 1.42. The summed E-state index contributed by atoms with van der Waals surface area (Å²) in [4.78, 5) is 0. The SMILES string of the molecule is C/C(=C\c1ccccc1)[C@@H](O)C[C@H](C)O. The first-order chi connectivity index (χ1) is 7.09.